The maximum Gasteiger partial charge on any atom is 0.167 e. The lowest BCUT2D eigenvalue weighted by Crippen LogP contribution is -2.08. The summed E-state index contributed by atoms with van der Waals surface area (Å²) in [6, 6.07) is 2.81. The third-order valence-electron chi connectivity index (χ3n) is 1.74. The van der Waals surface area contributed by atoms with Crippen LogP contribution in [0.25, 0.3) is 0 Å². The third-order valence-corrected chi connectivity index (χ3v) is 1.74. The molecule has 0 heterocycles. The summed E-state index contributed by atoms with van der Waals surface area (Å²) in [5.74, 6) is -0.214. The van der Waals surface area contributed by atoms with Crippen LogP contribution in [0.5, 0.6) is 5.75 Å². The highest BCUT2D eigenvalue weighted by atomic mass is 19.1. The van der Waals surface area contributed by atoms with Crippen LogP contribution >= 0.6 is 0 Å². The van der Waals surface area contributed by atoms with Gasteiger partial charge >= 0.3 is 0 Å². The Morgan fingerprint density at radius 1 is 1.43 bits per heavy atom. The molecule has 0 unspecified atom stereocenters. The molecule has 0 aliphatic rings. The molecular formula is C10H15FN2O. The van der Waals surface area contributed by atoms with Crippen LogP contribution in [0.1, 0.15) is 13.8 Å². The number of nitrogen functional groups attached to an aromatic ring is 1. The lowest BCUT2D eigenvalue weighted by molar-refractivity contribution is 0.231. The molecule has 0 bridgehead atoms. The van der Waals surface area contributed by atoms with Crippen LogP contribution in [0.2, 0.25) is 0 Å². The fraction of sp³-hybridized carbons (Fsp3) is 0.400. The molecule has 14 heavy (non-hydrogen) atoms. The number of rotatable bonds is 3. The molecule has 0 aliphatic heterocycles. The zero-order valence-corrected chi connectivity index (χ0v) is 8.60. The first-order valence-corrected chi connectivity index (χ1v) is 4.48. The number of benzene rings is 1. The summed E-state index contributed by atoms with van der Waals surface area (Å²) in [4.78, 5) is 0. The van der Waals surface area contributed by atoms with Crippen LogP contribution in [0.3, 0.4) is 0 Å². The molecule has 3 nitrogen and oxygen atoms in total. The average molecular weight is 198 g/mol. The van der Waals surface area contributed by atoms with Crippen molar-refractivity contribution in [2.75, 3.05) is 18.1 Å². The van der Waals surface area contributed by atoms with Gasteiger partial charge in [0.2, 0.25) is 0 Å². The zero-order chi connectivity index (χ0) is 10.7. The summed E-state index contributed by atoms with van der Waals surface area (Å²) in [5, 5.41) is 2.86. The quantitative estimate of drug-likeness (QED) is 0.732. The van der Waals surface area contributed by atoms with Crippen molar-refractivity contribution in [1.82, 2.24) is 0 Å². The molecule has 1 aromatic carbocycles. The van der Waals surface area contributed by atoms with Gasteiger partial charge in [-0.15, -0.1) is 0 Å². The van der Waals surface area contributed by atoms with Gasteiger partial charge in [-0.3, -0.25) is 0 Å². The van der Waals surface area contributed by atoms with Gasteiger partial charge in [0.05, 0.1) is 17.5 Å². The molecule has 0 aliphatic carbocycles. The summed E-state index contributed by atoms with van der Waals surface area (Å²) >= 11 is 0. The Labute approximate surface area is 83.1 Å². The second kappa shape index (κ2) is 4.17. The van der Waals surface area contributed by atoms with Crippen LogP contribution in [-0.2, 0) is 0 Å². The predicted octanol–water partition coefficient (Wildman–Crippen LogP) is 2.24. The van der Waals surface area contributed by atoms with Crippen molar-refractivity contribution in [1.29, 1.82) is 0 Å². The minimum Gasteiger partial charge on any atom is -0.488 e. The Balaban J connectivity index is 3.04. The van der Waals surface area contributed by atoms with E-state index in [0.29, 0.717) is 11.4 Å². The minimum atomic E-state index is -0.435. The Hall–Kier alpha value is -1.45. The van der Waals surface area contributed by atoms with E-state index >= 15 is 0 Å². The van der Waals surface area contributed by atoms with Crippen LogP contribution in [0.15, 0.2) is 12.1 Å². The van der Waals surface area contributed by atoms with E-state index in [1.165, 1.54) is 6.07 Å². The van der Waals surface area contributed by atoms with E-state index in [1.54, 1.807) is 13.1 Å². The highest BCUT2D eigenvalue weighted by Crippen LogP contribution is 2.28. The first-order valence-electron chi connectivity index (χ1n) is 4.48. The fourth-order valence-corrected chi connectivity index (χ4v) is 1.13. The van der Waals surface area contributed by atoms with Gasteiger partial charge in [-0.1, -0.05) is 0 Å². The molecule has 1 aromatic rings. The Bertz CT molecular complexity index is 326. The van der Waals surface area contributed by atoms with Gasteiger partial charge in [0.25, 0.3) is 0 Å². The molecule has 4 heteroatoms. The molecule has 0 saturated carbocycles. The van der Waals surface area contributed by atoms with Crippen LogP contribution in [-0.4, -0.2) is 13.2 Å². The van der Waals surface area contributed by atoms with Crippen molar-refractivity contribution in [2.45, 2.75) is 20.0 Å². The second-order valence-electron chi connectivity index (χ2n) is 3.29. The number of nitrogens with one attached hydrogen (secondary N) is 1. The van der Waals surface area contributed by atoms with Crippen molar-refractivity contribution in [3.05, 3.63) is 17.9 Å². The number of hydrogen-bond donors (Lipinski definition) is 2. The monoisotopic (exact) mass is 198 g/mol. The predicted molar refractivity (Wildman–Crippen MR) is 56.1 cm³/mol. The smallest absolute Gasteiger partial charge is 0.167 e. The summed E-state index contributed by atoms with van der Waals surface area (Å²) in [5.41, 5.74) is 6.62. The number of ether oxygens (including phenoxy) is 1. The molecule has 0 amide bonds. The van der Waals surface area contributed by atoms with Crippen molar-refractivity contribution in [3.63, 3.8) is 0 Å². The summed E-state index contributed by atoms with van der Waals surface area (Å²) in [6.45, 7) is 3.68. The Morgan fingerprint density at radius 3 is 2.57 bits per heavy atom. The number of halogens is 1. The van der Waals surface area contributed by atoms with Crippen molar-refractivity contribution in [2.24, 2.45) is 0 Å². The Morgan fingerprint density at radius 2 is 2.07 bits per heavy atom. The molecule has 0 saturated heterocycles. The number of nitrogens with two attached hydrogens (primary N) is 1. The van der Waals surface area contributed by atoms with E-state index in [0.717, 1.165) is 0 Å². The molecule has 0 fully saturated rings. The maximum atomic E-state index is 13.3. The average Bonchev–Trinajstić information content (AvgIpc) is 2.09. The molecule has 0 radical (unpaired) electrons. The summed E-state index contributed by atoms with van der Waals surface area (Å²) in [6.07, 6.45) is -0.0576. The van der Waals surface area contributed by atoms with Crippen LogP contribution in [0, 0.1) is 5.82 Å². The van der Waals surface area contributed by atoms with E-state index in [-0.39, 0.29) is 11.9 Å². The third kappa shape index (κ3) is 2.28. The highest BCUT2D eigenvalue weighted by molar-refractivity contribution is 5.68. The largest absolute Gasteiger partial charge is 0.488 e. The van der Waals surface area contributed by atoms with Crippen molar-refractivity contribution >= 4 is 11.4 Å². The standard InChI is InChI=1S/C10H15FN2O/c1-6(2)14-10-5-9(13-3)8(12)4-7(10)11/h4-6,13H,12H2,1-3H3. The summed E-state index contributed by atoms with van der Waals surface area (Å²) < 4.78 is 18.6. The van der Waals surface area contributed by atoms with Gasteiger partial charge in [-0.25, -0.2) is 4.39 Å². The molecular weight excluding hydrogens is 183 g/mol. The second-order valence-corrected chi connectivity index (χ2v) is 3.29. The summed E-state index contributed by atoms with van der Waals surface area (Å²) in [7, 11) is 1.72. The lowest BCUT2D eigenvalue weighted by Gasteiger charge is -2.13. The van der Waals surface area contributed by atoms with Gasteiger partial charge in [0, 0.05) is 19.2 Å². The minimum absolute atomic E-state index is 0.0576. The maximum absolute atomic E-state index is 13.3. The number of anilines is 2. The first-order chi connectivity index (χ1) is 6.54. The van der Waals surface area contributed by atoms with Gasteiger partial charge in [-0.05, 0) is 13.8 Å². The van der Waals surface area contributed by atoms with Crippen molar-refractivity contribution < 1.29 is 9.13 Å². The molecule has 0 spiro atoms. The molecule has 78 valence electrons. The molecule has 1 rings (SSSR count). The van der Waals surface area contributed by atoms with E-state index in [1.807, 2.05) is 13.8 Å². The number of hydrogen-bond acceptors (Lipinski definition) is 3. The molecule has 0 atom stereocenters. The zero-order valence-electron chi connectivity index (χ0n) is 8.60. The topological polar surface area (TPSA) is 47.3 Å². The van der Waals surface area contributed by atoms with Gasteiger partial charge < -0.3 is 15.8 Å². The fourth-order valence-electron chi connectivity index (χ4n) is 1.13. The SMILES string of the molecule is CNc1cc(OC(C)C)c(F)cc1N. The molecule has 0 aromatic heterocycles. The van der Waals surface area contributed by atoms with E-state index in [9.17, 15) is 4.39 Å². The van der Waals surface area contributed by atoms with Crippen LogP contribution in [0.4, 0.5) is 15.8 Å². The Kier molecular flexibility index (Phi) is 3.17. The molecule has 3 N–H and O–H groups in total. The van der Waals surface area contributed by atoms with Gasteiger partial charge in [-0.2, -0.15) is 0 Å². The first kappa shape index (κ1) is 10.6. The van der Waals surface area contributed by atoms with E-state index in [2.05, 4.69) is 5.32 Å². The van der Waals surface area contributed by atoms with E-state index in [4.69, 9.17) is 10.5 Å². The van der Waals surface area contributed by atoms with Crippen molar-refractivity contribution in [3.8, 4) is 5.75 Å². The highest BCUT2D eigenvalue weighted by Gasteiger charge is 2.09. The lowest BCUT2D eigenvalue weighted by atomic mass is 10.2. The van der Waals surface area contributed by atoms with Gasteiger partial charge in [0.15, 0.2) is 11.6 Å². The van der Waals surface area contributed by atoms with Crippen LogP contribution < -0.4 is 15.8 Å². The van der Waals surface area contributed by atoms with E-state index < -0.39 is 5.82 Å². The van der Waals surface area contributed by atoms with Gasteiger partial charge in [0.1, 0.15) is 0 Å². The normalized spacial score (nSPS) is 10.4.